The van der Waals surface area contributed by atoms with Gasteiger partial charge in [-0.05, 0) is 157 Å². The van der Waals surface area contributed by atoms with Crippen LogP contribution in [0.4, 0.5) is 34.1 Å². The van der Waals surface area contributed by atoms with Crippen molar-refractivity contribution < 1.29 is 4.42 Å². The topological polar surface area (TPSA) is 19.6 Å². The van der Waals surface area contributed by atoms with Crippen molar-refractivity contribution in [3.05, 3.63) is 161 Å². The van der Waals surface area contributed by atoms with Crippen molar-refractivity contribution in [3.8, 4) is 11.1 Å². The molecule has 0 amide bonds. The van der Waals surface area contributed by atoms with Crippen LogP contribution in [0.2, 0.25) is 0 Å². The third-order valence-corrected chi connectivity index (χ3v) is 16.6. The average Bonchev–Trinajstić information content (AvgIpc) is 3.72. The minimum atomic E-state index is -0.135. The minimum Gasteiger partial charge on any atom is -0.456 e. The summed E-state index contributed by atoms with van der Waals surface area (Å²) >= 11 is 0. The summed E-state index contributed by atoms with van der Waals surface area (Å²) in [6.07, 6.45) is 3.47. The fourth-order valence-corrected chi connectivity index (χ4v) is 13.1. The Morgan fingerprint density at radius 3 is 1.73 bits per heavy atom. The van der Waals surface area contributed by atoms with E-state index >= 15 is 0 Å². The molecular formula is C62H63BN2O. The number of benzene rings is 7. The molecule has 7 aromatic carbocycles. The van der Waals surface area contributed by atoms with Crippen molar-refractivity contribution in [2.45, 2.75) is 129 Å². The lowest BCUT2D eigenvalue weighted by molar-refractivity contribution is 0.332. The molecule has 330 valence electrons. The molecule has 0 bridgehead atoms. The molecule has 3 heterocycles. The Morgan fingerprint density at radius 1 is 0.485 bits per heavy atom. The van der Waals surface area contributed by atoms with Gasteiger partial charge >= 0.3 is 0 Å². The zero-order valence-electron chi connectivity index (χ0n) is 41.1. The first-order valence-electron chi connectivity index (χ1n) is 24.5. The summed E-state index contributed by atoms with van der Waals surface area (Å²) in [5.41, 5.74) is 24.5. The van der Waals surface area contributed by atoms with Crippen molar-refractivity contribution >= 4 is 79.2 Å². The Bertz CT molecular complexity index is 3360. The third-order valence-electron chi connectivity index (χ3n) is 16.6. The molecule has 0 spiro atoms. The van der Waals surface area contributed by atoms with Crippen LogP contribution in [0.25, 0.3) is 33.1 Å². The zero-order valence-corrected chi connectivity index (χ0v) is 41.1. The van der Waals surface area contributed by atoms with Gasteiger partial charge in [-0.3, -0.25) is 0 Å². The van der Waals surface area contributed by atoms with Crippen molar-refractivity contribution in [3.63, 3.8) is 0 Å². The van der Waals surface area contributed by atoms with Crippen molar-refractivity contribution in [2.75, 3.05) is 9.80 Å². The van der Waals surface area contributed by atoms with Crippen LogP contribution in [0.15, 0.2) is 132 Å². The maximum Gasteiger partial charge on any atom is 0.252 e. The van der Waals surface area contributed by atoms with Gasteiger partial charge in [-0.1, -0.05) is 155 Å². The molecule has 0 unspecified atom stereocenters. The highest BCUT2D eigenvalue weighted by atomic mass is 16.3. The Balaban J connectivity index is 1.26. The van der Waals surface area contributed by atoms with Crippen LogP contribution < -0.4 is 26.2 Å². The molecule has 66 heavy (non-hydrogen) atoms. The summed E-state index contributed by atoms with van der Waals surface area (Å²) in [5, 5.41) is 2.29. The monoisotopic (exact) mass is 863 g/mol. The summed E-state index contributed by atoms with van der Waals surface area (Å²) in [6, 6.07) is 49.0. The lowest BCUT2D eigenvalue weighted by Crippen LogP contribution is -2.61. The van der Waals surface area contributed by atoms with E-state index in [1.165, 1.54) is 108 Å². The number of fused-ring (bicyclic) bond motifs is 9. The third kappa shape index (κ3) is 5.88. The number of nitrogens with zero attached hydrogens (tertiary/aromatic N) is 2. The maximum atomic E-state index is 6.83. The van der Waals surface area contributed by atoms with Gasteiger partial charge in [-0.15, -0.1) is 0 Å². The van der Waals surface area contributed by atoms with Crippen molar-refractivity contribution in [2.24, 2.45) is 0 Å². The largest absolute Gasteiger partial charge is 0.456 e. The molecule has 12 rings (SSSR count). The molecule has 0 N–H and O–H groups in total. The van der Waals surface area contributed by atoms with Crippen LogP contribution >= 0.6 is 0 Å². The second-order valence-electron chi connectivity index (χ2n) is 24.0. The van der Waals surface area contributed by atoms with Crippen LogP contribution in [0, 0.1) is 6.92 Å². The average molecular weight is 863 g/mol. The van der Waals surface area contributed by atoms with Gasteiger partial charge in [0.2, 0.25) is 0 Å². The van der Waals surface area contributed by atoms with Gasteiger partial charge in [0, 0.05) is 44.8 Å². The molecular weight excluding hydrogens is 800 g/mol. The first-order valence-corrected chi connectivity index (χ1v) is 24.5. The zero-order chi connectivity index (χ0) is 46.0. The lowest BCUT2D eigenvalue weighted by Gasteiger charge is -2.47. The molecule has 2 aliphatic heterocycles. The Kier molecular flexibility index (Phi) is 8.51. The summed E-state index contributed by atoms with van der Waals surface area (Å²) in [4.78, 5) is 5.35. The number of anilines is 6. The molecule has 4 aliphatic rings. The number of rotatable bonds is 3. The van der Waals surface area contributed by atoms with Gasteiger partial charge < -0.3 is 14.2 Å². The van der Waals surface area contributed by atoms with Crippen LogP contribution in [0.1, 0.15) is 129 Å². The van der Waals surface area contributed by atoms with E-state index < -0.39 is 0 Å². The first kappa shape index (κ1) is 41.4. The number of hydrogen-bond acceptors (Lipinski definition) is 3. The number of furan rings is 1. The summed E-state index contributed by atoms with van der Waals surface area (Å²) in [7, 11) is 0. The fourth-order valence-electron chi connectivity index (χ4n) is 13.1. The smallest absolute Gasteiger partial charge is 0.252 e. The van der Waals surface area contributed by atoms with E-state index in [0.29, 0.717) is 0 Å². The van der Waals surface area contributed by atoms with E-state index in [2.05, 4.69) is 220 Å². The fraction of sp³-hybridized carbons (Fsp3) is 0.323. The molecule has 8 aromatic rings. The normalized spacial score (nSPS) is 18.2. The Morgan fingerprint density at radius 2 is 1.03 bits per heavy atom. The molecule has 0 radical (unpaired) electrons. The Hall–Kier alpha value is -6.00. The Labute approximate surface area is 392 Å². The minimum absolute atomic E-state index is 0.0239. The van der Waals surface area contributed by atoms with E-state index in [1.807, 2.05) is 0 Å². The quantitative estimate of drug-likeness (QED) is 0.165. The summed E-state index contributed by atoms with van der Waals surface area (Å²) < 4.78 is 6.83. The summed E-state index contributed by atoms with van der Waals surface area (Å²) in [6.45, 7) is 29.2. The van der Waals surface area contributed by atoms with Crippen LogP contribution in [-0.4, -0.2) is 6.71 Å². The summed E-state index contributed by atoms with van der Waals surface area (Å²) in [5.74, 6) is 0. The van der Waals surface area contributed by atoms with Gasteiger partial charge in [0.15, 0.2) is 0 Å². The lowest BCUT2D eigenvalue weighted by atomic mass is 9.33. The molecule has 2 aliphatic carbocycles. The maximum absolute atomic E-state index is 6.83. The molecule has 4 heteroatoms. The standard InChI is InChI=1S/C62H63BN2O/c1-37-28-43-45(60(7,8)27-26-59(43,5)6)33-50(37)65-52-34-46-44(61(9,10)36-62(46,11)12)32-47(52)63-48-35-56-42(41-23-17-19-25-55(41)66-56)31-51(48)64(53-29-39(58(2,3)4)30-54(65)57(53)63)49-24-18-16-22-40(49)38-20-14-13-15-21-38/h13-25,28-35H,26-27,36H2,1-12H3. The molecule has 1 aromatic heterocycles. The van der Waals surface area contributed by atoms with Crippen molar-refractivity contribution in [1.29, 1.82) is 0 Å². The van der Waals surface area contributed by atoms with E-state index in [4.69, 9.17) is 4.42 Å². The second-order valence-corrected chi connectivity index (χ2v) is 24.0. The highest BCUT2D eigenvalue weighted by Crippen LogP contribution is 2.55. The van der Waals surface area contributed by atoms with Crippen LogP contribution in [-0.2, 0) is 27.1 Å². The highest BCUT2D eigenvalue weighted by Gasteiger charge is 2.49. The van der Waals surface area contributed by atoms with E-state index in [9.17, 15) is 0 Å². The predicted octanol–water partition coefficient (Wildman–Crippen LogP) is 15.2. The molecule has 0 saturated carbocycles. The van der Waals surface area contributed by atoms with Crippen molar-refractivity contribution in [1.82, 2.24) is 0 Å². The van der Waals surface area contributed by atoms with Crippen LogP contribution in [0.5, 0.6) is 0 Å². The van der Waals surface area contributed by atoms with Gasteiger partial charge in [-0.25, -0.2) is 0 Å². The SMILES string of the molecule is Cc1cc2c(cc1N1c3cc4c(cc3B3c5cc6oc7ccccc7c6cc5N(c5ccccc5-c5ccccc5)c5cc(C(C)(C)C)cc1c53)C(C)(C)CC4(C)C)C(C)(C)CCC2(C)C. The van der Waals surface area contributed by atoms with Gasteiger partial charge in [-0.2, -0.15) is 0 Å². The van der Waals surface area contributed by atoms with Gasteiger partial charge in [0.25, 0.3) is 6.71 Å². The molecule has 0 fully saturated rings. The molecule has 3 nitrogen and oxygen atoms in total. The van der Waals surface area contributed by atoms with Crippen LogP contribution in [0.3, 0.4) is 0 Å². The highest BCUT2D eigenvalue weighted by molar-refractivity contribution is 7.00. The van der Waals surface area contributed by atoms with E-state index in [1.54, 1.807) is 0 Å². The van der Waals surface area contributed by atoms with E-state index in [-0.39, 0.29) is 33.8 Å². The first-order chi connectivity index (χ1) is 31.2. The van der Waals surface area contributed by atoms with Gasteiger partial charge in [0.05, 0.1) is 5.69 Å². The number of aryl methyl sites for hydroxylation is 1. The molecule has 0 atom stereocenters. The van der Waals surface area contributed by atoms with E-state index in [0.717, 1.165) is 28.4 Å². The molecule has 0 saturated heterocycles. The predicted molar refractivity (Wildman–Crippen MR) is 283 cm³/mol. The number of hydrogen-bond donors (Lipinski definition) is 0. The second kappa shape index (κ2) is 13.6. The van der Waals surface area contributed by atoms with Gasteiger partial charge in [0.1, 0.15) is 11.2 Å². The number of para-hydroxylation sites is 2.